The van der Waals surface area contributed by atoms with Gasteiger partial charge in [0.05, 0.1) is 0 Å². The fourth-order valence-electron chi connectivity index (χ4n) is 0. The smallest absolute Gasteiger partial charge is 0 e. The predicted molar refractivity (Wildman–Crippen MR) is 24.1 cm³/mol. The minimum Gasteiger partial charge on any atom is -1.00 e. The molecule has 1 N–H and O–H groups in total. The molecule has 0 rings (SSSR count). The molecule has 0 saturated carbocycles. The van der Waals surface area contributed by atoms with Crippen molar-refractivity contribution in [1.29, 1.82) is 0 Å². The molecule has 0 aliphatic rings. The molecule has 0 saturated heterocycles. The average molecular weight is 322 g/mol. The second kappa shape index (κ2) is 15.8. The third-order valence-corrected chi connectivity index (χ3v) is 0.612. The second-order valence-corrected chi connectivity index (χ2v) is 1.31. The van der Waals surface area contributed by atoms with Crippen LogP contribution in [0.2, 0.25) is 0 Å². The molecule has 52 valence electrons. The van der Waals surface area contributed by atoms with Gasteiger partial charge in [-0.1, -0.05) is 20.3 Å². The van der Waals surface area contributed by atoms with Gasteiger partial charge in [-0.2, -0.15) is 0 Å². The van der Waals surface area contributed by atoms with E-state index in [0.29, 0.717) is 0 Å². The van der Waals surface area contributed by atoms with Crippen LogP contribution in [0.25, 0.3) is 5.73 Å². The number of rotatable bonds is 1. The molecule has 0 fully saturated rings. The Labute approximate surface area is 82.4 Å². The van der Waals surface area contributed by atoms with Crippen molar-refractivity contribution in [2.45, 2.75) is 26.3 Å². The Morgan fingerprint density at radius 1 is 1.38 bits per heavy atom. The molecule has 0 spiro atoms. The van der Waals surface area contributed by atoms with Crippen LogP contribution in [0, 0.1) is 0 Å². The van der Waals surface area contributed by atoms with Crippen molar-refractivity contribution in [3.63, 3.8) is 0 Å². The monoisotopic (exact) mass is 322 g/mol. The van der Waals surface area contributed by atoms with Crippen LogP contribution in [0.3, 0.4) is 0 Å². The maximum absolute atomic E-state index is 6.83. The van der Waals surface area contributed by atoms with Gasteiger partial charge in [0.2, 0.25) is 0 Å². The van der Waals surface area contributed by atoms with Crippen molar-refractivity contribution in [3.05, 3.63) is 5.73 Å². The Morgan fingerprint density at radius 2 is 1.50 bits per heavy atom. The van der Waals surface area contributed by atoms with Crippen molar-refractivity contribution in [2.24, 2.45) is 0 Å². The van der Waals surface area contributed by atoms with Crippen LogP contribution in [0.1, 0.15) is 20.3 Å². The summed E-state index contributed by atoms with van der Waals surface area (Å²) in [6.07, 6.45) is 0.972. The molecule has 0 amide bonds. The molecule has 4 heteroatoms. The van der Waals surface area contributed by atoms with Gasteiger partial charge >= 0.3 is 0 Å². The molecular weight excluding hydrogens is 311 g/mol. The van der Waals surface area contributed by atoms with E-state index in [1.165, 1.54) is 0 Å². The molecule has 0 aromatic carbocycles. The molecule has 0 bridgehead atoms. The number of halogens is 2. The Bertz CT molecular complexity index is 28.0. The molecule has 0 aliphatic heterocycles. The zero-order valence-corrected chi connectivity index (χ0v) is 10.1. The number of hydrogen-bond acceptors (Lipinski definition) is 0. The van der Waals surface area contributed by atoms with E-state index in [1.807, 2.05) is 13.8 Å². The summed E-state index contributed by atoms with van der Waals surface area (Å²) in [6.45, 7) is 3.90. The molecule has 1 atom stereocenters. The molecule has 0 aromatic rings. The Morgan fingerprint density at radius 3 is 1.50 bits per heavy atom. The zero-order chi connectivity index (χ0) is 4.28. The first kappa shape index (κ1) is 22.7. The maximum atomic E-state index is 6.83. The third-order valence-electron chi connectivity index (χ3n) is 0.612. The molecular formula is C4H10Cl2HfN-3. The van der Waals surface area contributed by atoms with E-state index >= 15 is 0 Å². The summed E-state index contributed by atoms with van der Waals surface area (Å²) < 4.78 is 0. The molecule has 8 heavy (non-hydrogen) atoms. The van der Waals surface area contributed by atoms with E-state index < -0.39 is 0 Å². The van der Waals surface area contributed by atoms with Gasteiger partial charge in [0.1, 0.15) is 0 Å². The van der Waals surface area contributed by atoms with E-state index in [4.69, 9.17) is 5.73 Å². The first-order valence-corrected chi connectivity index (χ1v) is 1.98. The van der Waals surface area contributed by atoms with Crippen LogP contribution < -0.4 is 24.8 Å². The van der Waals surface area contributed by atoms with Gasteiger partial charge in [-0.3, -0.25) is 0 Å². The van der Waals surface area contributed by atoms with Crippen molar-refractivity contribution in [3.8, 4) is 0 Å². The largest absolute Gasteiger partial charge is 1.00 e. The third kappa shape index (κ3) is 26.2. The van der Waals surface area contributed by atoms with Gasteiger partial charge in [-0.15, -0.1) is 6.04 Å². The van der Waals surface area contributed by atoms with Crippen LogP contribution in [0.15, 0.2) is 0 Å². The van der Waals surface area contributed by atoms with Crippen LogP contribution in [-0.4, -0.2) is 6.04 Å². The topological polar surface area (TPSA) is 23.8 Å². The van der Waals surface area contributed by atoms with E-state index in [2.05, 4.69) is 0 Å². The fourth-order valence-corrected chi connectivity index (χ4v) is 0. The molecule has 1 unspecified atom stereocenters. The fraction of sp³-hybridized carbons (Fsp3) is 1.00. The van der Waals surface area contributed by atoms with E-state index in [0.717, 1.165) is 6.42 Å². The average Bonchev–Trinajstić information content (AvgIpc) is 1.38. The summed E-state index contributed by atoms with van der Waals surface area (Å²) in [7, 11) is 0. The Balaban J connectivity index is -0.0000000267. The first-order chi connectivity index (χ1) is 2.27. The van der Waals surface area contributed by atoms with Gasteiger partial charge < -0.3 is 30.5 Å². The summed E-state index contributed by atoms with van der Waals surface area (Å²) in [4.78, 5) is 0. The molecule has 0 heterocycles. The first-order valence-electron chi connectivity index (χ1n) is 1.98. The van der Waals surface area contributed by atoms with Crippen molar-refractivity contribution < 1.29 is 50.7 Å². The quantitative estimate of drug-likeness (QED) is 0.438. The summed E-state index contributed by atoms with van der Waals surface area (Å²) in [6, 6.07) is 0.134. The minimum absolute atomic E-state index is 0. The van der Waals surface area contributed by atoms with Gasteiger partial charge in [-0.05, 0) is 0 Å². The standard InChI is InChI=1S/C4H10N.2ClH.Hf/c1-3-4(2)5;;;/h4-5H,3H2,1-2H3;2*1H;/q-1;;;/p-2. The van der Waals surface area contributed by atoms with Crippen molar-refractivity contribution >= 4 is 0 Å². The Kier molecular flexibility index (Phi) is 44.8. The summed E-state index contributed by atoms with van der Waals surface area (Å²) >= 11 is 0. The van der Waals surface area contributed by atoms with Crippen LogP contribution >= 0.6 is 0 Å². The summed E-state index contributed by atoms with van der Waals surface area (Å²) in [5.74, 6) is 0. The summed E-state index contributed by atoms with van der Waals surface area (Å²) in [5, 5.41) is 0. The number of hydrogen-bond donors (Lipinski definition) is 0. The summed E-state index contributed by atoms with van der Waals surface area (Å²) in [5.41, 5.74) is 6.83. The van der Waals surface area contributed by atoms with Crippen LogP contribution in [-0.2, 0) is 25.8 Å². The van der Waals surface area contributed by atoms with Gasteiger partial charge in [0, 0.05) is 25.8 Å². The van der Waals surface area contributed by atoms with Gasteiger partial charge in [0.25, 0.3) is 0 Å². The minimum atomic E-state index is 0. The predicted octanol–water partition coefficient (Wildman–Crippen LogP) is -4.16. The second-order valence-electron chi connectivity index (χ2n) is 1.31. The maximum Gasteiger partial charge on any atom is 0 e. The van der Waals surface area contributed by atoms with Crippen molar-refractivity contribution in [2.75, 3.05) is 0 Å². The molecule has 0 radical (unpaired) electrons. The SMILES string of the molecule is CCC(C)[NH-].[Cl-].[Cl-].[Hf]. The number of nitrogens with one attached hydrogen (secondary N) is 1. The molecule has 0 aliphatic carbocycles. The van der Waals surface area contributed by atoms with E-state index in [-0.39, 0.29) is 56.7 Å². The van der Waals surface area contributed by atoms with Gasteiger partial charge in [0.15, 0.2) is 0 Å². The van der Waals surface area contributed by atoms with Crippen LogP contribution in [0.5, 0.6) is 0 Å². The molecule has 1 nitrogen and oxygen atoms in total. The zero-order valence-electron chi connectivity index (χ0n) is 5.04. The van der Waals surface area contributed by atoms with E-state index in [1.54, 1.807) is 0 Å². The van der Waals surface area contributed by atoms with Crippen molar-refractivity contribution in [1.82, 2.24) is 0 Å². The Hall–Kier alpha value is 1.41. The van der Waals surface area contributed by atoms with Crippen LogP contribution in [0.4, 0.5) is 0 Å². The van der Waals surface area contributed by atoms with E-state index in [9.17, 15) is 0 Å². The molecule has 0 aromatic heterocycles. The normalized spacial score (nSPS) is 9.38. The van der Waals surface area contributed by atoms with Gasteiger partial charge in [-0.25, -0.2) is 0 Å².